The van der Waals surface area contributed by atoms with Crippen LogP contribution in [-0.2, 0) is 46.2 Å². The van der Waals surface area contributed by atoms with Crippen molar-refractivity contribution in [3.8, 4) is 0 Å². The van der Waals surface area contributed by atoms with Gasteiger partial charge in [0.15, 0.2) is 11.4 Å². The maximum Gasteiger partial charge on any atom is 0.358 e. The van der Waals surface area contributed by atoms with Crippen LogP contribution in [0.15, 0.2) is 12.1 Å². The minimum atomic E-state index is -0.731. The van der Waals surface area contributed by atoms with Crippen LogP contribution in [0.1, 0.15) is 69.1 Å². The first-order valence-corrected chi connectivity index (χ1v) is 13.3. The van der Waals surface area contributed by atoms with Crippen LogP contribution in [0.2, 0.25) is 0 Å². The van der Waals surface area contributed by atoms with Crippen LogP contribution in [0.25, 0.3) is 0 Å². The third-order valence-electron chi connectivity index (χ3n) is 5.23. The Kier molecular flexibility index (Phi) is 15.1. The molecule has 0 N–H and O–H groups in total. The van der Waals surface area contributed by atoms with Crippen molar-refractivity contribution >= 4 is 23.9 Å². The Morgan fingerprint density at radius 3 is 1.49 bits per heavy atom. The highest BCUT2D eigenvalue weighted by molar-refractivity contribution is 5.94. The van der Waals surface area contributed by atoms with Crippen molar-refractivity contribution in [2.24, 2.45) is 0 Å². The minimum Gasteiger partial charge on any atom is -0.461 e. The lowest BCUT2D eigenvalue weighted by Crippen LogP contribution is -2.17. The summed E-state index contributed by atoms with van der Waals surface area (Å²) in [6.07, 6.45) is 0.319. The Bertz CT molecular complexity index is 1130. The fourth-order valence-electron chi connectivity index (χ4n) is 3.42. The SMILES string of the molecule is CCOC(=O)c1cc(C(=O)OCC)n(CCCn2nc(C(=O)OCCOCCOCCOC)cc2C(=O)OCC)n1. The summed E-state index contributed by atoms with van der Waals surface area (Å²) in [7, 11) is 1.58. The molecule has 0 saturated carbocycles. The maximum absolute atomic E-state index is 12.5. The zero-order chi connectivity index (χ0) is 30.0. The molecule has 0 aliphatic rings. The number of hydrogen-bond acceptors (Lipinski definition) is 13. The van der Waals surface area contributed by atoms with E-state index in [1.54, 1.807) is 27.9 Å². The molecule has 2 heterocycles. The first kappa shape index (κ1) is 33.4. The Labute approximate surface area is 237 Å². The number of esters is 4. The molecule has 0 aromatic carbocycles. The van der Waals surface area contributed by atoms with E-state index >= 15 is 0 Å². The summed E-state index contributed by atoms with van der Waals surface area (Å²) in [5, 5.41) is 8.40. The van der Waals surface area contributed by atoms with E-state index < -0.39 is 23.9 Å². The zero-order valence-corrected chi connectivity index (χ0v) is 23.9. The molecule has 0 aliphatic heterocycles. The molecule has 0 bridgehead atoms. The number of carbonyl (C=O) groups is 4. The molecule has 2 aromatic heterocycles. The van der Waals surface area contributed by atoms with Crippen LogP contribution >= 0.6 is 0 Å². The predicted molar refractivity (Wildman–Crippen MR) is 141 cm³/mol. The second-order valence-electron chi connectivity index (χ2n) is 8.14. The summed E-state index contributed by atoms with van der Waals surface area (Å²) in [4.78, 5) is 49.6. The summed E-state index contributed by atoms with van der Waals surface area (Å²) in [6.45, 7) is 7.54. The highest BCUT2D eigenvalue weighted by atomic mass is 16.6. The van der Waals surface area contributed by atoms with Gasteiger partial charge < -0.3 is 33.2 Å². The number of carbonyl (C=O) groups excluding carboxylic acids is 4. The van der Waals surface area contributed by atoms with Crippen molar-refractivity contribution in [3.63, 3.8) is 0 Å². The summed E-state index contributed by atoms with van der Waals surface area (Å²) >= 11 is 0. The standard InChI is InChI=1S/C26H38N4O11/c1-5-38-23(31)19-17-21(25(33)39-6-2)29(27-19)9-8-10-30-22(26(34)40-7-3)18-20(28-30)24(32)41-16-15-37-14-13-36-12-11-35-4/h17-18H,5-16H2,1-4H3. The summed E-state index contributed by atoms with van der Waals surface area (Å²) < 4.78 is 38.5. The van der Waals surface area contributed by atoms with Crippen LogP contribution < -0.4 is 0 Å². The second-order valence-corrected chi connectivity index (χ2v) is 8.14. The van der Waals surface area contributed by atoms with E-state index in [1.807, 2.05) is 0 Å². The van der Waals surface area contributed by atoms with E-state index in [9.17, 15) is 19.2 Å². The number of hydrogen-bond donors (Lipinski definition) is 0. The topological polar surface area (TPSA) is 169 Å². The third kappa shape index (κ3) is 10.9. The Morgan fingerprint density at radius 2 is 1.02 bits per heavy atom. The van der Waals surface area contributed by atoms with E-state index in [2.05, 4.69) is 10.2 Å². The Morgan fingerprint density at radius 1 is 0.610 bits per heavy atom. The molecule has 0 amide bonds. The molecule has 2 aromatic rings. The van der Waals surface area contributed by atoms with Gasteiger partial charge in [-0.3, -0.25) is 9.36 Å². The van der Waals surface area contributed by atoms with E-state index in [0.717, 1.165) is 0 Å². The first-order chi connectivity index (χ1) is 19.9. The molecule has 15 heteroatoms. The molecule has 0 radical (unpaired) electrons. The van der Waals surface area contributed by atoms with Crippen molar-refractivity contribution in [3.05, 3.63) is 34.9 Å². The smallest absolute Gasteiger partial charge is 0.358 e. The molecule has 0 fully saturated rings. The first-order valence-electron chi connectivity index (χ1n) is 13.3. The maximum atomic E-state index is 12.5. The van der Waals surface area contributed by atoms with Crippen molar-refractivity contribution in [1.29, 1.82) is 0 Å². The van der Waals surface area contributed by atoms with Crippen molar-refractivity contribution in [2.45, 2.75) is 40.3 Å². The van der Waals surface area contributed by atoms with E-state index in [0.29, 0.717) is 32.8 Å². The molecule has 0 saturated heterocycles. The van der Waals surface area contributed by atoms with Crippen LogP contribution in [0, 0.1) is 0 Å². The molecule has 41 heavy (non-hydrogen) atoms. The molecule has 0 atom stereocenters. The van der Waals surface area contributed by atoms with Crippen LogP contribution in [0.3, 0.4) is 0 Å². The zero-order valence-electron chi connectivity index (χ0n) is 23.9. The van der Waals surface area contributed by atoms with Crippen LogP contribution in [-0.4, -0.2) is 110 Å². The molecule has 15 nitrogen and oxygen atoms in total. The van der Waals surface area contributed by atoms with Gasteiger partial charge in [-0.1, -0.05) is 0 Å². The molecule has 0 unspecified atom stereocenters. The van der Waals surface area contributed by atoms with E-state index in [4.69, 9.17) is 33.2 Å². The quantitative estimate of drug-likeness (QED) is 0.125. The highest BCUT2D eigenvalue weighted by Crippen LogP contribution is 2.12. The van der Waals surface area contributed by atoms with Crippen molar-refractivity contribution < 1.29 is 52.3 Å². The lowest BCUT2D eigenvalue weighted by atomic mass is 10.3. The highest BCUT2D eigenvalue weighted by Gasteiger charge is 2.23. The lowest BCUT2D eigenvalue weighted by molar-refractivity contribution is 0.00545. The minimum absolute atomic E-state index is 0.0166. The van der Waals surface area contributed by atoms with Crippen LogP contribution in [0.4, 0.5) is 0 Å². The largest absolute Gasteiger partial charge is 0.461 e. The third-order valence-corrected chi connectivity index (χ3v) is 5.23. The Balaban J connectivity index is 2.02. The van der Waals surface area contributed by atoms with Crippen molar-refractivity contribution in [1.82, 2.24) is 19.6 Å². The number of nitrogens with zero attached hydrogens (tertiary/aromatic N) is 4. The van der Waals surface area contributed by atoms with Gasteiger partial charge in [0.2, 0.25) is 0 Å². The number of rotatable bonds is 20. The fourth-order valence-corrected chi connectivity index (χ4v) is 3.42. The number of aryl methyl sites for hydroxylation is 2. The van der Waals surface area contributed by atoms with Gasteiger partial charge in [-0.25, -0.2) is 19.2 Å². The van der Waals surface area contributed by atoms with Crippen molar-refractivity contribution in [2.75, 3.05) is 66.6 Å². The van der Waals surface area contributed by atoms with Gasteiger partial charge in [0.05, 0.1) is 52.9 Å². The van der Waals surface area contributed by atoms with Gasteiger partial charge in [-0.05, 0) is 27.2 Å². The molecular weight excluding hydrogens is 544 g/mol. The lowest BCUT2D eigenvalue weighted by Gasteiger charge is -2.09. The number of ether oxygens (including phenoxy) is 7. The summed E-state index contributed by atoms with van der Waals surface area (Å²) in [6, 6.07) is 2.60. The van der Waals surface area contributed by atoms with E-state index in [1.165, 1.54) is 21.5 Å². The second kappa shape index (κ2) is 18.5. The molecule has 0 aliphatic carbocycles. The van der Waals surface area contributed by atoms with E-state index in [-0.39, 0.29) is 68.9 Å². The number of methoxy groups -OCH3 is 1. The fraction of sp³-hybridized carbons (Fsp3) is 0.615. The normalized spacial score (nSPS) is 10.8. The molecule has 2 rings (SSSR count). The number of aromatic nitrogens is 4. The predicted octanol–water partition coefficient (Wildman–Crippen LogP) is 1.54. The van der Waals surface area contributed by atoms with Gasteiger partial charge in [-0.2, -0.15) is 10.2 Å². The van der Waals surface area contributed by atoms with Gasteiger partial charge in [-0.15, -0.1) is 0 Å². The van der Waals surface area contributed by atoms with Gasteiger partial charge in [0, 0.05) is 32.3 Å². The van der Waals surface area contributed by atoms with Gasteiger partial charge in [0.1, 0.15) is 18.0 Å². The monoisotopic (exact) mass is 582 g/mol. The molecule has 0 spiro atoms. The summed E-state index contributed by atoms with van der Waals surface area (Å²) in [5.74, 6) is -2.70. The van der Waals surface area contributed by atoms with Crippen LogP contribution in [0.5, 0.6) is 0 Å². The average molecular weight is 583 g/mol. The van der Waals surface area contributed by atoms with Gasteiger partial charge in [0.25, 0.3) is 0 Å². The Hall–Kier alpha value is -3.82. The van der Waals surface area contributed by atoms with Gasteiger partial charge >= 0.3 is 23.9 Å². The molecule has 228 valence electrons. The molecular formula is C26H38N4O11. The average Bonchev–Trinajstić information content (AvgIpc) is 3.58. The summed E-state index contributed by atoms with van der Waals surface area (Å²) in [5.41, 5.74) is 0.0243.